The number of rotatable bonds is 7. The molecule has 3 aromatic carbocycles. The van der Waals surface area contributed by atoms with E-state index in [2.05, 4.69) is 20.7 Å². The van der Waals surface area contributed by atoms with E-state index in [-0.39, 0.29) is 5.91 Å². The second-order valence-corrected chi connectivity index (χ2v) is 7.55. The highest BCUT2D eigenvalue weighted by Gasteiger charge is 2.11. The number of hydrazone groups is 1. The van der Waals surface area contributed by atoms with E-state index >= 15 is 0 Å². The lowest BCUT2D eigenvalue weighted by Crippen LogP contribution is -2.19. The first-order valence-electron chi connectivity index (χ1n) is 10.0. The van der Waals surface area contributed by atoms with Crippen LogP contribution >= 0.6 is 11.6 Å². The summed E-state index contributed by atoms with van der Waals surface area (Å²) in [6.07, 6.45) is 0. The fourth-order valence-corrected chi connectivity index (χ4v) is 3.12. The van der Waals surface area contributed by atoms with Crippen LogP contribution in [-0.2, 0) is 6.61 Å². The second kappa shape index (κ2) is 9.94. The number of halogens is 1. The van der Waals surface area contributed by atoms with Gasteiger partial charge in [0.1, 0.15) is 18.1 Å². The minimum atomic E-state index is -0.359. The van der Waals surface area contributed by atoms with Gasteiger partial charge in [-0.2, -0.15) is 10.2 Å². The first-order chi connectivity index (χ1) is 15.6. The molecule has 4 rings (SSSR count). The summed E-state index contributed by atoms with van der Waals surface area (Å²) in [5.41, 5.74) is 7.09. The average molecular weight is 445 g/mol. The molecule has 2 N–H and O–H groups in total. The van der Waals surface area contributed by atoms with Gasteiger partial charge in [0, 0.05) is 10.6 Å². The summed E-state index contributed by atoms with van der Waals surface area (Å²) in [7, 11) is 0. The monoisotopic (exact) mass is 444 g/mol. The van der Waals surface area contributed by atoms with Crippen molar-refractivity contribution in [2.24, 2.45) is 5.10 Å². The van der Waals surface area contributed by atoms with Gasteiger partial charge in [-0.1, -0.05) is 54.1 Å². The summed E-state index contributed by atoms with van der Waals surface area (Å²) in [4.78, 5) is 12.4. The van der Waals surface area contributed by atoms with Crippen molar-refractivity contribution in [2.75, 3.05) is 0 Å². The highest BCUT2D eigenvalue weighted by molar-refractivity contribution is 6.30. The standard InChI is InChI=1S/C25H21ClN4O2/c1-17(19-5-3-2-4-6-19)27-30-25(31)24-15-23(28-29-24)20-9-13-22(14-10-20)32-16-18-7-11-21(26)12-8-18/h2-15H,16H2,1H3,(H,28,29)(H,30,31). The predicted molar refractivity (Wildman–Crippen MR) is 126 cm³/mol. The molecule has 0 fully saturated rings. The van der Waals surface area contributed by atoms with Gasteiger partial charge in [-0.05, 0) is 60.5 Å². The quantitative estimate of drug-likeness (QED) is 0.293. The molecule has 1 amide bonds. The number of aromatic nitrogens is 2. The van der Waals surface area contributed by atoms with Crippen LogP contribution in [0.2, 0.25) is 5.02 Å². The Labute approximate surface area is 190 Å². The minimum Gasteiger partial charge on any atom is -0.489 e. The number of benzene rings is 3. The van der Waals surface area contributed by atoms with Crippen molar-refractivity contribution in [3.63, 3.8) is 0 Å². The topological polar surface area (TPSA) is 79.4 Å². The maximum absolute atomic E-state index is 12.4. The number of amides is 1. The molecule has 1 aromatic heterocycles. The highest BCUT2D eigenvalue weighted by atomic mass is 35.5. The van der Waals surface area contributed by atoms with E-state index in [0.29, 0.717) is 28.7 Å². The smallest absolute Gasteiger partial charge is 0.289 e. The third-order valence-corrected chi connectivity index (χ3v) is 5.06. The molecule has 0 aliphatic heterocycles. The minimum absolute atomic E-state index is 0.327. The van der Waals surface area contributed by atoms with Crippen LogP contribution in [0, 0.1) is 0 Å². The van der Waals surface area contributed by atoms with Crippen molar-refractivity contribution in [3.8, 4) is 17.0 Å². The Morgan fingerprint density at radius 3 is 2.47 bits per heavy atom. The first kappa shape index (κ1) is 21.3. The maximum Gasteiger partial charge on any atom is 0.289 e. The van der Waals surface area contributed by atoms with Crippen LogP contribution in [0.15, 0.2) is 90.0 Å². The molecule has 6 nitrogen and oxygen atoms in total. The molecule has 0 atom stereocenters. The molecule has 7 heteroatoms. The van der Waals surface area contributed by atoms with Crippen molar-refractivity contribution in [3.05, 3.63) is 107 Å². The number of hydrogen-bond acceptors (Lipinski definition) is 4. The van der Waals surface area contributed by atoms with Gasteiger partial charge in [-0.3, -0.25) is 9.89 Å². The zero-order valence-corrected chi connectivity index (χ0v) is 18.1. The predicted octanol–water partition coefficient (Wildman–Crippen LogP) is 5.46. The van der Waals surface area contributed by atoms with Gasteiger partial charge < -0.3 is 4.74 Å². The van der Waals surface area contributed by atoms with Gasteiger partial charge in [0.05, 0.1) is 11.4 Å². The van der Waals surface area contributed by atoms with E-state index in [1.54, 1.807) is 6.07 Å². The van der Waals surface area contributed by atoms with Gasteiger partial charge >= 0.3 is 0 Å². The lowest BCUT2D eigenvalue weighted by molar-refractivity contribution is 0.0950. The molecular formula is C25H21ClN4O2. The molecule has 0 aliphatic carbocycles. The molecule has 4 aromatic rings. The Balaban J connectivity index is 1.36. The van der Waals surface area contributed by atoms with Gasteiger partial charge in [0.15, 0.2) is 0 Å². The Morgan fingerprint density at radius 2 is 1.75 bits per heavy atom. The Kier molecular flexibility index (Phi) is 6.63. The van der Waals surface area contributed by atoms with Crippen LogP contribution in [-0.4, -0.2) is 21.8 Å². The van der Waals surface area contributed by atoms with E-state index in [4.69, 9.17) is 16.3 Å². The molecule has 0 unspecified atom stereocenters. The molecule has 160 valence electrons. The zero-order chi connectivity index (χ0) is 22.3. The highest BCUT2D eigenvalue weighted by Crippen LogP contribution is 2.22. The van der Waals surface area contributed by atoms with E-state index in [1.165, 1.54) is 0 Å². The first-order valence-corrected chi connectivity index (χ1v) is 10.4. The van der Waals surface area contributed by atoms with Crippen molar-refractivity contribution >= 4 is 23.2 Å². The number of carbonyl (C=O) groups excluding carboxylic acids is 1. The maximum atomic E-state index is 12.4. The summed E-state index contributed by atoms with van der Waals surface area (Å²) in [6, 6.07) is 26.4. The van der Waals surface area contributed by atoms with Crippen LogP contribution < -0.4 is 10.2 Å². The number of nitrogens with one attached hydrogen (secondary N) is 2. The summed E-state index contributed by atoms with van der Waals surface area (Å²) < 4.78 is 5.81. The zero-order valence-electron chi connectivity index (χ0n) is 17.4. The number of ether oxygens (including phenoxy) is 1. The molecule has 1 heterocycles. The van der Waals surface area contributed by atoms with E-state index < -0.39 is 0 Å². The van der Waals surface area contributed by atoms with E-state index in [1.807, 2.05) is 85.8 Å². The summed E-state index contributed by atoms with van der Waals surface area (Å²) in [5, 5.41) is 11.9. The number of H-pyrrole nitrogens is 1. The summed E-state index contributed by atoms with van der Waals surface area (Å²) in [5.74, 6) is 0.380. The SMILES string of the molecule is CC(=NNC(=O)c1cc(-c2ccc(OCc3ccc(Cl)cc3)cc2)n[nH]1)c1ccccc1. The van der Waals surface area contributed by atoms with Crippen molar-refractivity contribution in [1.29, 1.82) is 0 Å². The molecule has 0 bridgehead atoms. The van der Waals surface area contributed by atoms with Gasteiger partial charge in [0.2, 0.25) is 0 Å². The molecular weight excluding hydrogens is 424 g/mol. The van der Waals surface area contributed by atoms with E-state index in [9.17, 15) is 4.79 Å². The van der Waals surface area contributed by atoms with Crippen LogP contribution in [0.25, 0.3) is 11.3 Å². The molecule has 0 spiro atoms. The molecule has 0 saturated carbocycles. The largest absolute Gasteiger partial charge is 0.489 e. The van der Waals surface area contributed by atoms with Crippen molar-refractivity contribution in [1.82, 2.24) is 15.6 Å². The van der Waals surface area contributed by atoms with Gasteiger partial charge in [-0.25, -0.2) is 5.43 Å². The molecule has 0 saturated heterocycles. The van der Waals surface area contributed by atoms with Gasteiger partial charge in [-0.15, -0.1) is 0 Å². The average Bonchev–Trinajstić information content (AvgIpc) is 3.33. The van der Waals surface area contributed by atoms with Crippen LogP contribution in [0.5, 0.6) is 5.75 Å². The molecule has 0 radical (unpaired) electrons. The number of aromatic amines is 1. The van der Waals surface area contributed by atoms with Crippen LogP contribution in [0.4, 0.5) is 0 Å². The van der Waals surface area contributed by atoms with Crippen LogP contribution in [0.1, 0.15) is 28.5 Å². The van der Waals surface area contributed by atoms with Crippen molar-refractivity contribution in [2.45, 2.75) is 13.5 Å². The van der Waals surface area contributed by atoms with Crippen molar-refractivity contribution < 1.29 is 9.53 Å². The molecule has 0 aliphatic rings. The Bertz CT molecular complexity index is 1220. The third kappa shape index (κ3) is 5.42. The lowest BCUT2D eigenvalue weighted by atomic mass is 10.1. The lowest BCUT2D eigenvalue weighted by Gasteiger charge is -2.07. The Hall–Kier alpha value is -3.90. The fourth-order valence-electron chi connectivity index (χ4n) is 2.99. The fraction of sp³-hybridized carbons (Fsp3) is 0.0800. The third-order valence-electron chi connectivity index (χ3n) is 4.81. The van der Waals surface area contributed by atoms with Gasteiger partial charge in [0.25, 0.3) is 5.91 Å². The van der Waals surface area contributed by atoms with Crippen LogP contribution in [0.3, 0.4) is 0 Å². The Morgan fingerprint density at radius 1 is 1.03 bits per heavy atom. The normalized spacial score (nSPS) is 11.2. The summed E-state index contributed by atoms with van der Waals surface area (Å²) >= 11 is 5.90. The number of nitrogens with zero attached hydrogens (tertiary/aromatic N) is 2. The second-order valence-electron chi connectivity index (χ2n) is 7.11. The number of hydrogen-bond donors (Lipinski definition) is 2. The summed E-state index contributed by atoms with van der Waals surface area (Å²) in [6.45, 7) is 2.29. The van der Waals surface area contributed by atoms with E-state index in [0.717, 1.165) is 22.4 Å². The molecule has 32 heavy (non-hydrogen) atoms. The number of carbonyl (C=O) groups is 1.